The fraction of sp³-hybridized carbons (Fsp3) is 0.944. The van der Waals surface area contributed by atoms with Crippen molar-refractivity contribution in [2.75, 3.05) is 6.61 Å². The quantitative estimate of drug-likeness (QED) is 0.351. The molecular weight excluding hydrogens is 425 g/mol. The van der Waals surface area contributed by atoms with Gasteiger partial charge in [-0.05, 0) is 78.6 Å². The van der Waals surface area contributed by atoms with E-state index in [1.54, 1.807) is 0 Å². The molecule has 1 heterocycles. The van der Waals surface area contributed by atoms with Crippen molar-refractivity contribution < 1.29 is 27.2 Å². The number of hydrogen-bond donors (Lipinski definition) is 0. The Hall–Kier alpha value is 0.178. The van der Waals surface area contributed by atoms with Gasteiger partial charge in [0.05, 0.1) is 6.61 Å². The van der Waals surface area contributed by atoms with Crippen LogP contribution >= 0.6 is 0 Å². The lowest BCUT2D eigenvalue weighted by atomic mass is 10.1. The van der Waals surface area contributed by atoms with Crippen LogP contribution in [0.3, 0.4) is 0 Å². The minimum Gasteiger partial charge on any atom is -0.455 e. The Morgan fingerprint density at radius 3 is 1.68 bits per heavy atom. The third-order valence-corrected chi connectivity index (χ3v) is 7.61. The second-order valence-corrected chi connectivity index (χ2v) is 29.3. The predicted molar refractivity (Wildman–Crippen MR) is 124 cm³/mol. The first kappa shape index (κ1) is 26.2. The summed E-state index contributed by atoms with van der Waals surface area (Å²) >= 11 is 0. The summed E-state index contributed by atoms with van der Waals surface area (Å²) < 4.78 is 31.1. The van der Waals surface area contributed by atoms with Gasteiger partial charge < -0.3 is 22.4 Å². The van der Waals surface area contributed by atoms with Crippen molar-refractivity contribution in [2.24, 2.45) is 0 Å². The molecule has 1 aliphatic rings. The van der Waals surface area contributed by atoms with Crippen molar-refractivity contribution in [3.63, 3.8) is 0 Å². The van der Waals surface area contributed by atoms with Crippen LogP contribution in [0.15, 0.2) is 0 Å². The minimum atomic E-state index is -1.96. The van der Waals surface area contributed by atoms with E-state index in [0.29, 0.717) is 6.61 Å². The highest BCUT2D eigenvalue weighted by Crippen LogP contribution is 2.31. The monoisotopic (exact) mass is 466 g/mol. The van der Waals surface area contributed by atoms with Crippen LogP contribution in [0, 0.1) is 0 Å². The van der Waals surface area contributed by atoms with Crippen molar-refractivity contribution in [3.8, 4) is 0 Å². The Morgan fingerprint density at radius 1 is 0.786 bits per heavy atom. The van der Waals surface area contributed by atoms with Gasteiger partial charge in [-0.15, -0.1) is 0 Å². The molecule has 10 heteroatoms. The van der Waals surface area contributed by atoms with Crippen LogP contribution in [0.2, 0.25) is 78.6 Å². The van der Waals surface area contributed by atoms with Gasteiger partial charge in [0, 0.05) is 0 Å². The lowest BCUT2D eigenvalue weighted by Crippen LogP contribution is -2.53. The minimum absolute atomic E-state index is 0.340. The lowest BCUT2D eigenvalue weighted by Gasteiger charge is -2.36. The number of rotatable bonds is 10. The van der Waals surface area contributed by atoms with Crippen LogP contribution in [-0.4, -0.2) is 70.3 Å². The topological polar surface area (TPSA) is 63.2 Å². The first-order chi connectivity index (χ1) is 12.3. The highest BCUT2D eigenvalue weighted by Gasteiger charge is 2.53. The molecule has 0 aliphatic carbocycles. The number of carbonyl (C=O) groups is 1. The molecule has 1 fully saturated rings. The molecule has 0 amide bonds. The van der Waals surface area contributed by atoms with Gasteiger partial charge >= 0.3 is 5.97 Å². The maximum absolute atomic E-state index is 12.8. The zero-order valence-electron chi connectivity index (χ0n) is 20.0. The molecule has 1 rings (SSSR count). The summed E-state index contributed by atoms with van der Waals surface area (Å²) in [5, 5.41) is 0. The molecule has 4 atom stereocenters. The summed E-state index contributed by atoms with van der Waals surface area (Å²) in [5.74, 6) is -0.340. The standard InChI is InChI=1S/C18H42O6Si4/c1-25(2,3)20-13-14(22-26(4,5)6)15-16(23-27(7,8)9)17(18(19)21-15)24-28(10,11)12/h14-17H,13H2,1-12H3/t14?,15-,16+,17-/m0/s1. The highest BCUT2D eigenvalue weighted by molar-refractivity contribution is 6.71. The van der Waals surface area contributed by atoms with E-state index in [-0.39, 0.29) is 12.1 Å². The van der Waals surface area contributed by atoms with Gasteiger partial charge in [0.2, 0.25) is 0 Å². The summed E-state index contributed by atoms with van der Waals surface area (Å²) in [6.45, 7) is 25.8. The van der Waals surface area contributed by atoms with Gasteiger partial charge in [-0.2, -0.15) is 0 Å². The van der Waals surface area contributed by atoms with Crippen LogP contribution in [0.25, 0.3) is 0 Å². The van der Waals surface area contributed by atoms with Crippen molar-refractivity contribution >= 4 is 39.2 Å². The second kappa shape index (κ2) is 9.12. The molecule has 0 aromatic rings. The maximum Gasteiger partial charge on any atom is 0.337 e. The fourth-order valence-electron chi connectivity index (χ4n) is 2.88. The van der Waals surface area contributed by atoms with E-state index in [1.807, 2.05) is 0 Å². The largest absolute Gasteiger partial charge is 0.455 e. The van der Waals surface area contributed by atoms with E-state index in [9.17, 15) is 4.79 Å². The number of carbonyl (C=O) groups excluding carboxylic acids is 1. The van der Waals surface area contributed by atoms with E-state index < -0.39 is 51.6 Å². The number of ether oxygens (including phenoxy) is 1. The Bertz CT molecular complexity index is 530. The summed E-state index contributed by atoms with van der Waals surface area (Å²) in [7, 11) is -7.56. The van der Waals surface area contributed by atoms with E-state index in [4.69, 9.17) is 22.4 Å². The summed E-state index contributed by atoms with van der Waals surface area (Å²) in [4.78, 5) is 12.8. The Kier molecular flexibility index (Phi) is 8.54. The molecule has 1 saturated heterocycles. The highest BCUT2D eigenvalue weighted by atomic mass is 28.4. The molecular formula is C18H42O6Si4. The molecule has 0 N–H and O–H groups in total. The first-order valence-corrected chi connectivity index (χ1v) is 23.8. The number of hydrogen-bond acceptors (Lipinski definition) is 6. The van der Waals surface area contributed by atoms with Gasteiger partial charge in [-0.25, -0.2) is 4.79 Å². The van der Waals surface area contributed by atoms with Crippen molar-refractivity contribution in [2.45, 2.75) is 103 Å². The maximum atomic E-state index is 12.8. The number of esters is 1. The van der Waals surface area contributed by atoms with Crippen LogP contribution in [0.1, 0.15) is 0 Å². The van der Waals surface area contributed by atoms with Crippen LogP contribution in [-0.2, 0) is 27.2 Å². The van der Waals surface area contributed by atoms with E-state index in [1.165, 1.54) is 0 Å². The van der Waals surface area contributed by atoms with Crippen LogP contribution in [0.5, 0.6) is 0 Å². The van der Waals surface area contributed by atoms with Crippen molar-refractivity contribution in [1.29, 1.82) is 0 Å². The zero-order valence-corrected chi connectivity index (χ0v) is 24.0. The molecule has 166 valence electrons. The predicted octanol–water partition coefficient (Wildman–Crippen LogP) is 4.42. The molecule has 0 bridgehead atoms. The van der Waals surface area contributed by atoms with Crippen molar-refractivity contribution in [1.82, 2.24) is 0 Å². The molecule has 0 aromatic heterocycles. The Labute approximate surface area is 176 Å². The van der Waals surface area contributed by atoms with E-state index in [2.05, 4.69) is 78.6 Å². The molecule has 1 aliphatic heterocycles. The summed E-state index contributed by atoms with van der Waals surface area (Å²) in [5.41, 5.74) is 0. The smallest absolute Gasteiger partial charge is 0.337 e. The average molecular weight is 467 g/mol. The first-order valence-electron chi connectivity index (χ1n) is 10.2. The molecule has 0 spiro atoms. The molecule has 6 nitrogen and oxygen atoms in total. The normalized spacial score (nSPS) is 25.7. The Morgan fingerprint density at radius 2 is 1.29 bits per heavy atom. The van der Waals surface area contributed by atoms with Gasteiger partial charge in [0.25, 0.3) is 0 Å². The van der Waals surface area contributed by atoms with Crippen LogP contribution in [0.4, 0.5) is 0 Å². The van der Waals surface area contributed by atoms with Gasteiger partial charge in [-0.3, -0.25) is 0 Å². The molecule has 0 aromatic carbocycles. The SMILES string of the molecule is C[Si](C)(C)OCC(O[Si](C)(C)C)[C@@H]1OC(=O)[C@@H](O[Si](C)(C)C)[C@@H]1O[Si](C)(C)C. The van der Waals surface area contributed by atoms with Crippen molar-refractivity contribution in [3.05, 3.63) is 0 Å². The molecule has 28 heavy (non-hydrogen) atoms. The zero-order chi connectivity index (χ0) is 22.1. The van der Waals surface area contributed by atoms with Crippen LogP contribution < -0.4 is 0 Å². The van der Waals surface area contributed by atoms with E-state index >= 15 is 0 Å². The van der Waals surface area contributed by atoms with Gasteiger partial charge in [0.1, 0.15) is 12.2 Å². The second-order valence-electron chi connectivity index (χ2n) is 11.4. The molecule has 0 saturated carbocycles. The fourth-order valence-corrected chi connectivity index (χ4v) is 6.72. The summed E-state index contributed by atoms with van der Waals surface area (Å²) in [6, 6.07) is 0. The average Bonchev–Trinajstić information content (AvgIpc) is 2.66. The molecule has 0 radical (unpaired) electrons. The third kappa shape index (κ3) is 9.79. The Balaban J connectivity index is 3.20. The molecule has 1 unspecified atom stereocenters. The number of cyclic esters (lactones) is 1. The third-order valence-electron chi connectivity index (χ3n) is 3.63. The van der Waals surface area contributed by atoms with E-state index in [0.717, 1.165) is 0 Å². The summed E-state index contributed by atoms with van der Waals surface area (Å²) in [6.07, 6.45) is -2.01. The van der Waals surface area contributed by atoms with Gasteiger partial charge in [0.15, 0.2) is 45.5 Å². The van der Waals surface area contributed by atoms with Gasteiger partial charge in [-0.1, -0.05) is 0 Å². The lowest BCUT2D eigenvalue weighted by molar-refractivity contribution is -0.150.